The van der Waals surface area contributed by atoms with Crippen molar-refractivity contribution < 1.29 is 31.5 Å². The molecule has 2 saturated heterocycles. The highest BCUT2D eigenvalue weighted by Crippen LogP contribution is 2.43. The number of hydrogen-bond acceptors (Lipinski definition) is 6. The highest BCUT2D eigenvalue weighted by Gasteiger charge is 2.40. The number of amides is 1. The van der Waals surface area contributed by atoms with E-state index in [0.29, 0.717) is 55.5 Å². The third-order valence-corrected chi connectivity index (χ3v) is 9.45. The Kier molecular flexibility index (Phi) is 6.40. The van der Waals surface area contributed by atoms with E-state index in [9.17, 15) is 22.0 Å². The molecule has 3 aliphatic heterocycles. The molecule has 11 heteroatoms. The minimum atomic E-state index is -3.68. The molecule has 3 heterocycles. The summed E-state index contributed by atoms with van der Waals surface area (Å²) in [7, 11) is -1.96. The summed E-state index contributed by atoms with van der Waals surface area (Å²) in [5, 5.41) is 3.00. The van der Waals surface area contributed by atoms with Crippen LogP contribution < -0.4 is 14.8 Å². The number of carbonyl (C=O) groups excluding carboxylic acids is 1. The molecule has 1 unspecified atom stereocenters. The zero-order valence-corrected chi connectivity index (χ0v) is 21.8. The van der Waals surface area contributed by atoms with Crippen molar-refractivity contribution in [1.29, 1.82) is 0 Å². The zero-order valence-electron chi connectivity index (χ0n) is 21.0. The molecule has 1 N–H and O–H groups in total. The van der Waals surface area contributed by atoms with Crippen LogP contribution >= 0.6 is 0 Å². The van der Waals surface area contributed by atoms with Gasteiger partial charge in [0.25, 0.3) is 0 Å². The molecule has 1 aliphatic carbocycles. The van der Waals surface area contributed by atoms with E-state index in [4.69, 9.17) is 9.47 Å². The maximum atomic E-state index is 14.4. The van der Waals surface area contributed by atoms with Gasteiger partial charge in [0.05, 0.1) is 10.8 Å². The Morgan fingerprint density at radius 2 is 1.71 bits per heavy atom. The van der Waals surface area contributed by atoms with E-state index in [1.54, 1.807) is 24.1 Å². The van der Waals surface area contributed by atoms with Crippen molar-refractivity contribution in [3.05, 3.63) is 64.2 Å². The molecule has 1 saturated carbocycles. The number of nitrogens with one attached hydrogen (secondary N) is 1. The molecular formula is C27H29F2N3O5S. The van der Waals surface area contributed by atoms with E-state index >= 15 is 0 Å². The molecular weight excluding hydrogens is 516 g/mol. The van der Waals surface area contributed by atoms with Crippen LogP contribution in [0.15, 0.2) is 46.4 Å². The van der Waals surface area contributed by atoms with Crippen molar-refractivity contribution in [2.24, 2.45) is 0 Å². The Labute approximate surface area is 220 Å². The highest BCUT2D eigenvalue weighted by molar-refractivity contribution is 7.89. The maximum absolute atomic E-state index is 14.4. The molecule has 6 rings (SSSR count). The first-order valence-corrected chi connectivity index (χ1v) is 14.2. The summed E-state index contributed by atoms with van der Waals surface area (Å²) in [5.74, 6) is -1.54. The predicted molar refractivity (Wildman–Crippen MR) is 135 cm³/mol. The van der Waals surface area contributed by atoms with Crippen LogP contribution in [0.25, 0.3) is 0 Å². The van der Waals surface area contributed by atoms with Gasteiger partial charge in [0, 0.05) is 38.8 Å². The van der Waals surface area contributed by atoms with E-state index in [2.05, 4.69) is 5.32 Å². The van der Waals surface area contributed by atoms with Crippen LogP contribution in [0.4, 0.5) is 8.78 Å². The van der Waals surface area contributed by atoms with Crippen molar-refractivity contribution in [1.82, 2.24) is 14.5 Å². The van der Waals surface area contributed by atoms with Gasteiger partial charge in [-0.15, -0.1) is 0 Å². The number of hydrogen-bond donors (Lipinski definition) is 1. The van der Waals surface area contributed by atoms with Crippen LogP contribution in [-0.2, 0) is 14.8 Å². The molecule has 0 spiro atoms. The molecule has 1 atom stereocenters. The number of ether oxygens (including phenoxy) is 2. The molecule has 8 nitrogen and oxygen atoms in total. The Bertz CT molecular complexity index is 1420. The first-order valence-electron chi connectivity index (χ1n) is 12.8. The van der Waals surface area contributed by atoms with Gasteiger partial charge in [-0.3, -0.25) is 4.79 Å². The van der Waals surface area contributed by atoms with Crippen LogP contribution in [0, 0.1) is 11.6 Å². The number of rotatable bonds is 7. The number of likely N-dealkylation sites (tertiary alicyclic amines) is 1. The fourth-order valence-corrected chi connectivity index (χ4v) is 6.64. The fourth-order valence-electron chi connectivity index (χ4n) is 5.20. The number of likely N-dealkylation sites (N-methyl/N-ethyl adjacent to an activating group) is 1. The highest BCUT2D eigenvalue weighted by atomic mass is 32.2. The van der Waals surface area contributed by atoms with Crippen LogP contribution in [0.2, 0.25) is 0 Å². The van der Waals surface area contributed by atoms with Gasteiger partial charge in [0.1, 0.15) is 13.2 Å². The van der Waals surface area contributed by atoms with Gasteiger partial charge in [0.15, 0.2) is 23.1 Å². The molecule has 0 aromatic heterocycles. The van der Waals surface area contributed by atoms with Gasteiger partial charge < -0.3 is 19.7 Å². The smallest absolute Gasteiger partial charge is 0.243 e. The van der Waals surface area contributed by atoms with Crippen molar-refractivity contribution >= 4 is 15.9 Å². The Morgan fingerprint density at radius 3 is 2.39 bits per heavy atom. The predicted octanol–water partition coefficient (Wildman–Crippen LogP) is 2.76. The second-order valence-corrected chi connectivity index (χ2v) is 12.2. The average Bonchev–Trinajstić information content (AvgIpc) is 3.69. The first-order chi connectivity index (χ1) is 18.3. The lowest BCUT2D eigenvalue weighted by Crippen LogP contribution is -2.52. The number of nitrogens with zero attached hydrogens (tertiary/aromatic N) is 2. The van der Waals surface area contributed by atoms with Gasteiger partial charge >= 0.3 is 0 Å². The molecule has 2 aromatic carbocycles. The molecule has 3 fully saturated rings. The summed E-state index contributed by atoms with van der Waals surface area (Å²) >= 11 is 0. The lowest BCUT2D eigenvalue weighted by atomic mass is 9.90. The van der Waals surface area contributed by atoms with Crippen molar-refractivity contribution in [3.63, 3.8) is 0 Å². The van der Waals surface area contributed by atoms with Crippen molar-refractivity contribution in [3.8, 4) is 11.5 Å². The van der Waals surface area contributed by atoms with Gasteiger partial charge in [-0.2, -0.15) is 4.31 Å². The molecule has 0 bridgehead atoms. The van der Waals surface area contributed by atoms with Crippen LogP contribution in [0.5, 0.6) is 11.5 Å². The lowest BCUT2D eigenvalue weighted by molar-refractivity contribution is -0.134. The van der Waals surface area contributed by atoms with E-state index in [0.717, 1.165) is 30.1 Å². The van der Waals surface area contributed by atoms with Crippen molar-refractivity contribution in [2.45, 2.75) is 29.6 Å². The number of sulfonamides is 1. The lowest BCUT2D eigenvalue weighted by Gasteiger charge is -2.42. The third kappa shape index (κ3) is 4.46. The topological polar surface area (TPSA) is 88.2 Å². The van der Waals surface area contributed by atoms with Gasteiger partial charge in [0.2, 0.25) is 15.9 Å². The SMILES string of the molecule is CNCC(C(=O)N1CC(=C2CN(S(=O)(=O)c3ccc4c(c3)OCCO4)C2)C1)c1cc(F)c(F)c(C2CC2)c1. The first kappa shape index (κ1) is 25.3. The van der Waals surface area contributed by atoms with E-state index < -0.39 is 27.6 Å². The Hall–Kier alpha value is -3.02. The largest absolute Gasteiger partial charge is 0.486 e. The summed E-state index contributed by atoms with van der Waals surface area (Å²) in [4.78, 5) is 15.2. The van der Waals surface area contributed by atoms with E-state index in [-0.39, 0.29) is 29.8 Å². The minimum absolute atomic E-state index is 0.0233. The molecule has 2 aromatic rings. The number of fused-ring (bicyclic) bond motifs is 1. The summed E-state index contributed by atoms with van der Waals surface area (Å²) in [5.41, 5.74) is 2.88. The second-order valence-electron chi connectivity index (χ2n) is 10.3. The summed E-state index contributed by atoms with van der Waals surface area (Å²) in [6.07, 6.45) is 1.66. The van der Waals surface area contributed by atoms with Gasteiger partial charge in [-0.25, -0.2) is 17.2 Å². The second kappa shape index (κ2) is 9.62. The molecule has 4 aliphatic rings. The maximum Gasteiger partial charge on any atom is 0.243 e. The van der Waals surface area contributed by atoms with Crippen LogP contribution in [-0.4, -0.2) is 76.5 Å². The molecule has 0 radical (unpaired) electrons. The van der Waals surface area contributed by atoms with E-state index in [1.165, 1.54) is 16.4 Å². The summed E-state index contributed by atoms with van der Waals surface area (Å²) in [6, 6.07) is 7.40. The standard InChI is InChI=1S/C27H29F2N3O5S/c1-30-11-22(17-8-21(16-2-3-16)26(29)23(28)9-17)27(33)31-12-18(13-31)19-14-32(15-19)38(34,35)20-4-5-24-25(10-20)37-7-6-36-24/h4-5,8-10,16,22,30H,2-3,6-7,11-15H2,1H3. The molecule has 202 valence electrons. The molecule has 38 heavy (non-hydrogen) atoms. The summed E-state index contributed by atoms with van der Waals surface area (Å²) < 4.78 is 67.2. The summed E-state index contributed by atoms with van der Waals surface area (Å²) in [6.45, 7) is 2.48. The van der Waals surface area contributed by atoms with Crippen molar-refractivity contribution in [2.75, 3.05) is 53.0 Å². The Balaban J connectivity index is 1.11. The minimum Gasteiger partial charge on any atom is -0.486 e. The normalized spacial score (nSPS) is 20.1. The van der Waals surface area contributed by atoms with Gasteiger partial charge in [-0.1, -0.05) is 6.07 Å². The van der Waals surface area contributed by atoms with Crippen LogP contribution in [0.3, 0.4) is 0 Å². The zero-order chi connectivity index (χ0) is 26.6. The Morgan fingerprint density at radius 1 is 1.03 bits per heavy atom. The molecule has 1 amide bonds. The van der Waals surface area contributed by atoms with Gasteiger partial charge in [-0.05, 0) is 66.3 Å². The van der Waals surface area contributed by atoms with E-state index in [1.807, 2.05) is 0 Å². The van der Waals surface area contributed by atoms with Crippen LogP contribution in [0.1, 0.15) is 35.8 Å². The quantitative estimate of drug-likeness (QED) is 0.539. The third-order valence-electron chi connectivity index (χ3n) is 7.67. The number of benzene rings is 2. The average molecular weight is 546 g/mol. The fraction of sp³-hybridized carbons (Fsp3) is 0.444. The monoisotopic (exact) mass is 545 g/mol. The number of carbonyl (C=O) groups is 1. The number of halogens is 2.